The highest BCUT2D eigenvalue weighted by molar-refractivity contribution is 9.10. The zero-order valence-electron chi connectivity index (χ0n) is 10.8. The third kappa shape index (κ3) is 3.71. The molecule has 2 rings (SSSR count). The van der Waals surface area contributed by atoms with Crippen molar-refractivity contribution < 1.29 is 4.79 Å². The average Bonchev–Trinajstić information content (AvgIpc) is 2.41. The van der Waals surface area contributed by atoms with Gasteiger partial charge in [0.05, 0.1) is 5.02 Å². The van der Waals surface area contributed by atoms with E-state index in [1.165, 1.54) is 0 Å². The van der Waals surface area contributed by atoms with Crippen molar-refractivity contribution in [3.63, 3.8) is 0 Å². The van der Waals surface area contributed by atoms with Crippen molar-refractivity contribution in [2.24, 2.45) is 0 Å². The molecule has 20 heavy (non-hydrogen) atoms. The molecular weight excluding hydrogens is 342 g/mol. The number of aromatic nitrogens is 1. The van der Waals surface area contributed by atoms with Crippen LogP contribution in [0.1, 0.15) is 17.4 Å². The minimum Gasteiger partial charge on any atom is -0.370 e. The van der Waals surface area contributed by atoms with E-state index in [0.717, 1.165) is 11.0 Å². The molecule has 2 aromatic rings. The summed E-state index contributed by atoms with van der Waals surface area (Å²) >= 11 is 9.38. The second-order valence-electron chi connectivity index (χ2n) is 4.02. The summed E-state index contributed by atoms with van der Waals surface area (Å²) in [7, 11) is 0. The predicted molar refractivity (Wildman–Crippen MR) is 85.5 cm³/mol. The molecule has 0 unspecified atom stereocenters. The fourth-order valence-electron chi connectivity index (χ4n) is 1.64. The Balaban J connectivity index is 2.22. The minimum atomic E-state index is -0.340. The summed E-state index contributed by atoms with van der Waals surface area (Å²) in [5.74, 6) is 0.282. The maximum Gasteiger partial charge on any atom is 0.275 e. The van der Waals surface area contributed by atoms with E-state index in [-0.39, 0.29) is 11.6 Å². The van der Waals surface area contributed by atoms with Crippen LogP contribution in [0.3, 0.4) is 0 Å². The van der Waals surface area contributed by atoms with Crippen molar-refractivity contribution in [2.75, 3.05) is 17.2 Å². The average molecular weight is 355 g/mol. The molecular formula is C14H13BrClN3O. The van der Waals surface area contributed by atoms with E-state index in [1.807, 2.05) is 19.1 Å². The highest BCUT2D eigenvalue weighted by Gasteiger charge is 2.13. The van der Waals surface area contributed by atoms with Crippen LogP contribution < -0.4 is 10.6 Å². The van der Waals surface area contributed by atoms with E-state index < -0.39 is 0 Å². The molecule has 0 radical (unpaired) electrons. The summed E-state index contributed by atoms with van der Waals surface area (Å²) in [6.45, 7) is 2.68. The Morgan fingerprint density at radius 1 is 1.35 bits per heavy atom. The van der Waals surface area contributed by atoms with Crippen LogP contribution in [0, 0.1) is 0 Å². The molecule has 2 N–H and O–H groups in total. The highest BCUT2D eigenvalue weighted by Crippen LogP contribution is 2.20. The van der Waals surface area contributed by atoms with Gasteiger partial charge in [0.2, 0.25) is 0 Å². The van der Waals surface area contributed by atoms with E-state index in [0.29, 0.717) is 16.5 Å². The van der Waals surface area contributed by atoms with Gasteiger partial charge < -0.3 is 10.6 Å². The number of pyridine rings is 1. The van der Waals surface area contributed by atoms with Gasteiger partial charge in [-0.05, 0) is 37.3 Å². The first-order valence-electron chi connectivity index (χ1n) is 6.07. The summed E-state index contributed by atoms with van der Waals surface area (Å²) in [5, 5.41) is 6.13. The molecule has 0 aliphatic carbocycles. The van der Waals surface area contributed by atoms with Gasteiger partial charge in [-0.25, -0.2) is 4.98 Å². The van der Waals surface area contributed by atoms with Gasteiger partial charge in [-0.2, -0.15) is 0 Å². The molecule has 6 heteroatoms. The van der Waals surface area contributed by atoms with Crippen molar-refractivity contribution in [3.05, 3.63) is 51.6 Å². The van der Waals surface area contributed by atoms with E-state index >= 15 is 0 Å². The fraction of sp³-hybridized carbons (Fsp3) is 0.143. The zero-order chi connectivity index (χ0) is 14.5. The fourth-order valence-corrected chi connectivity index (χ4v) is 2.23. The minimum absolute atomic E-state index is 0.199. The van der Waals surface area contributed by atoms with Crippen LogP contribution in [0.2, 0.25) is 5.02 Å². The van der Waals surface area contributed by atoms with E-state index in [2.05, 4.69) is 31.5 Å². The van der Waals surface area contributed by atoms with Gasteiger partial charge >= 0.3 is 0 Å². The van der Waals surface area contributed by atoms with Gasteiger partial charge in [-0.1, -0.05) is 33.6 Å². The monoisotopic (exact) mass is 353 g/mol. The number of rotatable bonds is 4. The molecule has 4 nitrogen and oxygen atoms in total. The van der Waals surface area contributed by atoms with E-state index in [9.17, 15) is 4.79 Å². The van der Waals surface area contributed by atoms with Crippen molar-refractivity contribution in [2.45, 2.75) is 6.92 Å². The van der Waals surface area contributed by atoms with Crippen LogP contribution in [0.4, 0.5) is 11.5 Å². The van der Waals surface area contributed by atoms with Gasteiger partial charge in [-0.3, -0.25) is 4.79 Å². The number of anilines is 2. The number of carbonyl (C=O) groups is 1. The maximum atomic E-state index is 12.2. The summed E-state index contributed by atoms with van der Waals surface area (Å²) in [4.78, 5) is 16.4. The Morgan fingerprint density at radius 2 is 2.15 bits per heavy atom. The number of amides is 1. The molecule has 1 aromatic heterocycles. The standard InChI is InChI=1S/C14H13BrClN3O/c1-2-17-12-7-6-11(16)13(19-12)14(20)18-10-5-3-4-9(15)8-10/h3-8H,2H2,1H3,(H,17,19)(H,18,20). The second-order valence-corrected chi connectivity index (χ2v) is 5.34. The molecule has 104 valence electrons. The van der Waals surface area contributed by atoms with E-state index in [4.69, 9.17) is 11.6 Å². The van der Waals surface area contributed by atoms with E-state index in [1.54, 1.807) is 24.3 Å². The van der Waals surface area contributed by atoms with Crippen LogP contribution in [0.25, 0.3) is 0 Å². The lowest BCUT2D eigenvalue weighted by molar-refractivity contribution is 0.102. The molecule has 0 fully saturated rings. The highest BCUT2D eigenvalue weighted by atomic mass is 79.9. The molecule has 0 bridgehead atoms. The Bertz CT molecular complexity index is 634. The number of nitrogens with zero attached hydrogens (tertiary/aromatic N) is 1. The summed E-state index contributed by atoms with van der Waals surface area (Å²) in [6.07, 6.45) is 0. The molecule has 0 aliphatic rings. The molecule has 0 spiro atoms. The quantitative estimate of drug-likeness (QED) is 0.866. The number of benzene rings is 1. The van der Waals surface area contributed by atoms with Crippen LogP contribution in [0.15, 0.2) is 40.9 Å². The maximum absolute atomic E-state index is 12.2. The van der Waals surface area contributed by atoms with Crippen LogP contribution in [-0.4, -0.2) is 17.4 Å². The van der Waals surface area contributed by atoms with Gasteiger partial charge in [0.25, 0.3) is 5.91 Å². The van der Waals surface area contributed by atoms with Crippen molar-refractivity contribution in [1.29, 1.82) is 0 Å². The van der Waals surface area contributed by atoms with Crippen LogP contribution in [0.5, 0.6) is 0 Å². The lowest BCUT2D eigenvalue weighted by Gasteiger charge is -2.09. The van der Waals surface area contributed by atoms with Crippen LogP contribution >= 0.6 is 27.5 Å². The number of hydrogen-bond acceptors (Lipinski definition) is 3. The first-order chi connectivity index (χ1) is 9.60. The molecule has 0 saturated heterocycles. The van der Waals surface area contributed by atoms with Crippen molar-refractivity contribution in [3.8, 4) is 0 Å². The topological polar surface area (TPSA) is 54.0 Å². The number of nitrogens with one attached hydrogen (secondary N) is 2. The summed E-state index contributed by atoms with van der Waals surface area (Å²) in [6, 6.07) is 10.7. The number of carbonyl (C=O) groups excluding carboxylic acids is 1. The summed E-state index contributed by atoms with van der Waals surface area (Å²) in [5.41, 5.74) is 0.876. The molecule has 1 amide bonds. The first kappa shape index (κ1) is 14.8. The Labute approximate surface area is 130 Å². The predicted octanol–water partition coefficient (Wildman–Crippen LogP) is 4.18. The van der Waals surface area contributed by atoms with Crippen LogP contribution in [-0.2, 0) is 0 Å². The number of halogens is 2. The smallest absolute Gasteiger partial charge is 0.275 e. The van der Waals surface area contributed by atoms with Crippen molar-refractivity contribution in [1.82, 2.24) is 4.98 Å². The summed E-state index contributed by atoms with van der Waals surface area (Å²) < 4.78 is 0.885. The number of hydrogen-bond donors (Lipinski definition) is 2. The molecule has 0 saturated carbocycles. The Kier molecular flexibility index (Phi) is 4.98. The van der Waals surface area contributed by atoms with Gasteiger partial charge in [-0.15, -0.1) is 0 Å². The zero-order valence-corrected chi connectivity index (χ0v) is 13.1. The second kappa shape index (κ2) is 6.72. The molecule has 1 aromatic carbocycles. The van der Waals surface area contributed by atoms with Gasteiger partial charge in [0, 0.05) is 16.7 Å². The van der Waals surface area contributed by atoms with Crippen molar-refractivity contribution >= 4 is 44.9 Å². The third-order valence-corrected chi connectivity index (χ3v) is 3.30. The normalized spacial score (nSPS) is 10.2. The first-order valence-corrected chi connectivity index (χ1v) is 7.24. The van der Waals surface area contributed by atoms with Gasteiger partial charge in [0.1, 0.15) is 11.5 Å². The SMILES string of the molecule is CCNc1ccc(Cl)c(C(=O)Nc2cccc(Br)c2)n1. The lowest BCUT2D eigenvalue weighted by Crippen LogP contribution is -2.15. The largest absolute Gasteiger partial charge is 0.370 e. The molecule has 0 aliphatic heterocycles. The third-order valence-electron chi connectivity index (χ3n) is 2.50. The molecule has 1 heterocycles. The Hall–Kier alpha value is -1.59. The van der Waals surface area contributed by atoms with Gasteiger partial charge in [0.15, 0.2) is 0 Å². The molecule has 0 atom stereocenters. The Morgan fingerprint density at radius 3 is 2.85 bits per heavy atom. The lowest BCUT2D eigenvalue weighted by atomic mass is 10.3.